The molecule has 1 aromatic rings. The van der Waals surface area contributed by atoms with Crippen LogP contribution in [0, 0.1) is 5.92 Å². The molecule has 1 amide bonds. The summed E-state index contributed by atoms with van der Waals surface area (Å²) in [5.41, 5.74) is 0.769. The van der Waals surface area contributed by atoms with Gasteiger partial charge in [-0.25, -0.2) is 0 Å². The van der Waals surface area contributed by atoms with Gasteiger partial charge in [0.2, 0.25) is 5.91 Å². The Hall–Kier alpha value is -2.04. The molecule has 0 fully saturated rings. The van der Waals surface area contributed by atoms with Crippen LogP contribution in [0.4, 0.5) is 0 Å². The van der Waals surface area contributed by atoms with Crippen molar-refractivity contribution in [3.8, 4) is 5.75 Å². The SMILES string of the molecule is CCC(CCNC(=O)Cc1cccc(O)c1)CCC(=O)O. The molecular formula is C16H23NO4. The van der Waals surface area contributed by atoms with Crippen LogP contribution in [-0.4, -0.2) is 28.6 Å². The Morgan fingerprint density at radius 3 is 2.67 bits per heavy atom. The van der Waals surface area contributed by atoms with Crippen LogP contribution in [0.1, 0.15) is 38.2 Å². The Bertz CT molecular complexity index is 473. The molecule has 1 aromatic carbocycles. The molecule has 5 nitrogen and oxygen atoms in total. The van der Waals surface area contributed by atoms with Gasteiger partial charge in [0.15, 0.2) is 0 Å². The summed E-state index contributed by atoms with van der Waals surface area (Å²) in [6, 6.07) is 6.63. The molecule has 0 aromatic heterocycles. The Morgan fingerprint density at radius 2 is 2.05 bits per heavy atom. The fourth-order valence-corrected chi connectivity index (χ4v) is 2.21. The Morgan fingerprint density at radius 1 is 1.29 bits per heavy atom. The Labute approximate surface area is 125 Å². The molecule has 0 aliphatic carbocycles. The van der Waals surface area contributed by atoms with E-state index in [1.54, 1.807) is 24.3 Å². The molecule has 0 aliphatic rings. The zero-order valence-corrected chi connectivity index (χ0v) is 12.3. The van der Waals surface area contributed by atoms with Crippen molar-refractivity contribution in [3.05, 3.63) is 29.8 Å². The van der Waals surface area contributed by atoms with E-state index in [4.69, 9.17) is 5.11 Å². The van der Waals surface area contributed by atoms with Gasteiger partial charge in [-0.1, -0.05) is 25.5 Å². The number of benzene rings is 1. The zero-order chi connectivity index (χ0) is 15.7. The van der Waals surface area contributed by atoms with E-state index in [1.807, 2.05) is 6.92 Å². The average molecular weight is 293 g/mol. The second-order valence-electron chi connectivity index (χ2n) is 5.19. The Kier molecular flexibility index (Phi) is 7.29. The fraction of sp³-hybridized carbons (Fsp3) is 0.500. The molecule has 0 spiro atoms. The predicted molar refractivity (Wildman–Crippen MR) is 80.1 cm³/mol. The van der Waals surface area contributed by atoms with Crippen LogP contribution in [0.25, 0.3) is 0 Å². The van der Waals surface area contributed by atoms with Crippen molar-refractivity contribution in [2.24, 2.45) is 5.92 Å². The van der Waals surface area contributed by atoms with Crippen molar-refractivity contribution in [3.63, 3.8) is 0 Å². The maximum Gasteiger partial charge on any atom is 0.303 e. The van der Waals surface area contributed by atoms with Crippen molar-refractivity contribution in [1.29, 1.82) is 0 Å². The molecule has 5 heteroatoms. The third kappa shape index (κ3) is 7.34. The van der Waals surface area contributed by atoms with Gasteiger partial charge in [0, 0.05) is 13.0 Å². The Balaban J connectivity index is 2.27. The highest BCUT2D eigenvalue weighted by Gasteiger charge is 2.10. The van der Waals surface area contributed by atoms with E-state index in [-0.39, 0.29) is 24.5 Å². The van der Waals surface area contributed by atoms with Crippen molar-refractivity contribution >= 4 is 11.9 Å². The van der Waals surface area contributed by atoms with Gasteiger partial charge in [0.25, 0.3) is 0 Å². The van der Waals surface area contributed by atoms with Crippen LogP contribution < -0.4 is 5.32 Å². The number of phenolic OH excluding ortho intramolecular Hbond substituents is 1. The molecule has 0 bridgehead atoms. The van der Waals surface area contributed by atoms with E-state index < -0.39 is 5.97 Å². The predicted octanol–water partition coefficient (Wildman–Crippen LogP) is 2.33. The summed E-state index contributed by atoms with van der Waals surface area (Å²) in [5, 5.41) is 20.8. The fourth-order valence-electron chi connectivity index (χ4n) is 2.21. The summed E-state index contributed by atoms with van der Waals surface area (Å²) in [4.78, 5) is 22.3. The topological polar surface area (TPSA) is 86.6 Å². The molecule has 0 aliphatic heterocycles. The van der Waals surface area contributed by atoms with Crippen LogP contribution in [0.15, 0.2) is 24.3 Å². The molecule has 0 radical (unpaired) electrons. The van der Waals surface area contributed by atoms with Crippen LogP contribution in [0.5, 0.6) is 5.75 Å². The molecule has 0 heterocycles. The van der Waals surface area contributed by atoms with E-state index in [0.29, 0.717) is 18.9 Å². The first-order chi connectivity index (χ1) is 10.0. The molecule has 21 heavy (non-hydrogen) atoms. The molecule has 0 saturated heterocycles. The summed E-state index contributed by atoms with van der Waals surface area (Å²) in [5.74, 6) is -0.391. The summed E-state index contributed by atoms with van der Waals surface area (Å²) in [7, 11) is 0. The van der Waals surface area contributed by atoms with E-state index >= 15 is 0 Å². The lowest BCUT2D eigenvalue weighted by Crippen LogP contribution is -2.27. The lowest BCUT2D eigenvalue weighted by Gasteiger charge is -2.14. The molecule has 1 rings (SSSR count). The second-order valence-corrected chi connectivity index (χ2v) is 5.19. The first-order valence-corrected chi connectivity index (χ1v) is 7.27. The van der Waals surface area contributed by atoms with E-state index in [2.05, 4.69) is 5.32 Å². The minimum atomic E-state index is -0.777. The highest BCUT2D eigenvalue weighted by atomic mass is 16.4. The smallest absolute Gasteiger partial charge is 0.303 e. The summed E-state index contributed by atoms with van der Waals surface area (Å²) in [6.07, 6.45) is 2.76. The van der Waals surface area contributed by atoms with E-state index in [0.717, 1.165) is 18.4 Å². The number of phenols is 1. The van der Waals surface area contributed by atoms with E-state index in [1.165, 1.54) is 0 Å². The largest absolute Gasteiger partial charge is 0.508 e. The molecule has 3 N–H and O–H groups in total. The van der Waals surface area contributed by atoms with Gasteiger partial charge >= 0.3 is 5.97 Å². The number of hydrogen-bond acceptors (Lipinski definition) is 3. The molecular weight excluding hydrogens is 270 g/mol. The van der Waals surface area contributed by atoms with Gasteiger partial charge in [0.05, 0.1) is 6.42 Å². The number of nitrogens with one attached hydrogen (secondary N) is 1. The van der Waals surface area contributed by atoms with Gasteiger partial charge < -0.3 is 15.5 Å². The van der Waals surface area contributed by atoms with Gasteiger partial charge in [-0.15, -0.1) is 0 Å². The average Bonchev–Trinajstić information content (AvgIpc) is 2.42. The monoisotopic (exact) mass is 293 g/mol. The highest BCUT2D eigenvalue weighted by molar-refractivity contribution is 5.78. The maximum atomic E-state index is 11.8. The lowest BCUT2D eigenvalue weighted by atomic mass is 9.96. The molecule has 116 valence electrons. The second kappa shape index (κ2) is 9.00. The van der Waals surface area contributed by atoms with Gasteiger partial charge in [0.1, 0.15) is 5.75 Å². The van der Waals surface area contributed by atoms with Crippen molar-refractivity contribution in [1.82, 2.24) is 5.32 Å². The lowest BCUT2D eigenvalue weighted by molar-refractivity contribution is -0.137. The zero-order valence-electron chi connectivity index (χ0n) is 12.3. The van der Waals surface area contributed by atoms with Crippen LogP contribution in [0.3, 0.4) is 0 Å². The van der Waals surface area contributed by atoms with Gasteiger partial charge in [-0.05, 0) is 36.5 Å². The number of carboxylic acid groups (broad SMARTS) is 1. The minimum absolute atomic E-state index is 0.0892. The third-order valence-electron chi connectivity index (χ3n) is 3.49. The van der Waals surface area contributed by atoms with Crippen LogP contribution in [-0.2, 0) is 16.0 Å². The standard InChI is InChI=1S/C16H23NO4/c1-2-12(6-7-16(20)21)8-9-17-15(19)11-13-4-3-5-14(18)10-13/h3-5,10,12,18H,2,6-9,11H2,1H3,(H,17,19)(H,20,21). The number of carbonyl (C=O) groups excluding carboxylic acids is 1. The number of aromatic hydroxyl groups is 1. The number of hydrogen-bond donors (Lipinski definition) is 3. The maximum absolute atomic E-state index is 11.8. The number of aliphatic carboxylic acids is 1. The number of carbonyl (C=O) groups is 2. The summed E-state index contributed by atoms with van der Waals surface area (Å²) in [6.45, 7) is 2.58. The van der Waals surface area contributed by atoms with Crippen molar-refractivity contribution in [2.45, 2.75) is 39.0 Å². The number of rotatable bonds is 9. The van der Waals surface area contributed by atoms with Gasteiger partial charge in [-0.3, -0.25) is 9.59 Å². The molecule has 0 saturated carbocycles. The van der Waals surface area contributed by atoms with Crippen LogP contribution in [0.2, 0.25) is 0 Å². The minimum Gasteiger partial charge on any atom is -0.508 e. The number of carboxylic acids is 1. The molecule has 1 atom stereocenters. The van der Waals surface area contributed by atoms with Crippen LogP contribution >= 0.6 is 0 Å². The van der Waals surface area contributed by atoms with Crippen molar-refractivity contribution in [2.75, 3.05) is 6.54 Å². The first kappa shape index (κ1) is 17.0. The highest BCUT2D eigenvalue weighted by Crippen LogP contribution is 2.15. The summed E-state index contributed by atoms with van der Waals surface area (Å²) < 4.78 is 0. The third-order valence-corrected chi connectivity index (χ3v) is 3.49. The normalized spacial score (nSPS) is 11.9. The molecule has 1 unspecified atom stereocenters. The van der Waals surface area contributed by atoms with Crippen molar-refractivity contribution < 1.29 is 19.8 Å². The first-order valence-electron chi connectivity index (χ1n) is 7.27. The van der Waals surface area contributed by atoms with E-state index in [9.17, 15) is 14.7 Å². The van der Waals surface area contributed by atoms with Gasteiger partial charge in [-0.2, -0.15) is 0 Å². The summed E-state index contributed by atoms with van der Waals surface area (Å²) >= 11 is 0. The quantitative estimate of drug-likeness (QED) is 0.652. The number of amides is 1.